The minimum absolute atomic E-state index is 0.0470. The molecule has 3 rings (SSSR count). The monoisotopic (exact) mass is 332 g/mol. The molecule has 2 saturated carbocycles. The predicted molar refractivity (Wildman–Crippen MR) is 86.4 cm³/mol. The highest BCUT2D eigenvalue weighted by Gasteiger charge is 2.41. The number of benzene rings is 1. The maximum Gasteiger partial charge on any atom is 0.248 e. The summed E-state index contributed by atoms with van der Waals surface area (Å²) in [5.41, 5.74) is 1.28. The van der Waals surface area contributed by atoms with Crippen molar-refractivity contribution in [3.05, 3.63) is 35.4 Å². The Balaban J connectivity index is 1.60. The molecule has 3 nitrogen and oxygen atoms in total. The summed E-state index contributed by atoms with van der Waals surface area (Å²) in [6.07, 6.45) is 3.77. The lowest BCUT2D eigenvalue weighted by molar-refractivity contribution is -0.126. The van der Waals surface area contributed by atoms with Gasteiger partial charge in [-0.15, -0.1) is 0 Å². The van der Waals surface area contributed by atoms with E-state index in [1.54, 1.807) is 12.1 Å². The number of amides is 1. The van der Waals surface area contributed by atoms with E-state index in [0.29, 0.717) is 24.8 Å². The molecule has 1 amide bonds. The summed E-state index contributed by atoms with van der Waals surface area (Å²) in [6, 6.07) is 9.44. The van der Waals surface area contributed by atoms with E-state index < -0.39 is 5.92 Å². The van der Waals surface area contributed by atoms with E-state index >= 15 is 0 Å². The smallest absolute Gasteiger partial charge is 0.248 e. The second-order valence-electron chi connectivity index (χ2n) is 7.18. The molecule has 0 atom stereocenters. The summed E-state index contributed by atoms with van der Waals surface area (Å²) in [6.45, 7) is 0. The highest BCUT2D eigenvalue weighted by atomic mass is 19.3. The topological polar surface area (TPSA) is 52.9 Å². The van der Waals surface area contributed by atoms with Crippen LogP contribution in [0.4, 0.5) is 8.78 Å². The third-order valence-electron chi connectivity index (χ3n) is 5.46. The third-order valence-corrected chi connectivity index (χ3v) is 5.46. The van der Waals surface area contributed by atoms with Crippen molar-refractivity contribution in [1.29, 1.82) is 5.26 Å². The molecule has 0 aromatic heterocycles. The van der Waals surface area contributed by atoms with Gasteiger partial charge in [-0.1, -0.05) is 12.1 Å². The number of nitrogens with one attached hydrogen (secondary N) is 1. The first-order valence-electron chi connectivity index (χ1n) is 8.62. The lowest BCUT2D eigenvalue weighted by Gasteiger charge is -2.43. The van der Waals surface area contributed by atoms with Crippen molar-refractivity contribution in [2.75, 3.05) is 0 Å². The lowest BCUT2D eigenvalue weighted by Crippen LogP contribution is -2.51. The van der Waals surface area contributed by atoms with Crippen LogP contribution in [-0.4, -0.2) is 11.8 Å². The zero-order valence-corrected chi connectivity index (χ0v) is 13.7. The number of hydrogen-bond acceptors (Lipinski definition) is 2. The van der Waals surface area contributed by atoms with Gasteiger partial charge in [-0.25, -0.2) is 8.78 Å². The molecule has 0 bridgehead atoms. The number of rotatable bonds is 4. The molecule has 0 radical (unpaired) electrons. The zero-order chi connectivity index (χ0) is 17.2. The molecule has 2 aliphatic carbocycles. The van der Waals surface area contributed by atoms with Crippen LogP contribution in [0, 0.1) is 17.2 Å². The van der Waals surface area contributed by atoms with E-state index in [9.17, 15) is 13.6 Å². The van der Waals surface area contributed by atoms with Gasteiger partial charge in [-0.3, -0.25) is 4.79 Å². The Bertz CT molecular complexity index is 634. The van der Waals surface area contributed by atoms with Crippen LogP contribution >= 0.6 is 0 Å². The standard InChI is InChI=1S/C19H22F2N2O/c20-19(21)10-6-14(7-11-19)12-17(24)23-18(8-1-9-18)16-4-2-15(13-22)3-5-16/h2-5,14H,1,6-12H2,(H,23,24). The highest BCUT2D eigenvalue weighted by Crippen LogP contribution is 2.42. The van der Waals surface area contributed by atoms with E-state index in [0.717, 1.165) is 24.8 Å². The highest BCUT2D eigenvalue weighted by molar-refractivity contribution is 5.77. The van der Waals surface area contributed by atoms with Crippen molar-refractivity contribution in [2.45, 2.75) is 62.8 Å². The predicted octanol–water partition coefficient (Wildman–Crippen LogP) is 4.27. The maximum atomic E-state index is 13.2. The van der Waals surface area contributed by atoms with Gasteiger partial charge in [-0.05, 0) is 55.7 Å². The zero-order valence-electron chi connectivity index (χ0n) is 13.7. The molecule has 1 N–H and O–H groups in total. The Morgan fingerprint density at radius 3 is 2.29 bits per heavy atom. The Morgan fingerprint density at radius 2 is 1.79 bits per heavy atom. The van der Waals surface area contributed by atoms with E-state index in [-0.39, 0.29) is 30.2 Å². The molecule has 24 heavy (non-hydrogen) atoms. The summed E-state index contributed by atoms with van der Waals surface area (Å²) >= 11 is 0. The first-order valence-corrected chi connectivity index (χ1v) is 8.62. The Kier molecular flexibility index (Phi) is 4.58. The fourth-order valence-electron chi connectivity index (χ4n) is 3.76. The summed E-state index contributed by atoms with van der Waals surface area (Å²) in [4.78, 5) is 12.4. The quantitative estimate of drug-likeness (QED) is 0.895. The Hall–Kier alpha value is -1.96. The molecule has 0 spiro atoms. The van der Waals surface area contributed by atoms with Crippen LogP contribution < -0.4 is 5.32 Å². The first-order chi connectivity index (χ1) is 11.4. The van der Waals surface area contributed by atoms with E-state index in [1.807, 2.05) is 12.1 Å². The molecule has 1 aromatic rings. The SMILES string of the molecule is N#Cc1ccc(C2(NC(=O)CC3CCC(F)(F)CC3)CCC2)cc1. The molecule has 2 aliphatic rings. The van der Waals surface area contributed by atoms with Crippen molar-refractivity contribution in [2.24, 2.45) is 5.92 Å². The van der Waals surface area contributed by atoms with Crippen LogP contribution in [0.5, 0.6) is 0 Å². The van der Waals surface area contributed by atoms with Gasteiger partial charge in [0.25, 0.3) is 0 Å². The third kappa shape index (κ3) is 3.58. The molecule has 1 aromatic carbocycles. The molecular weight excluding hydrogens is 310 g/mol. The van der Waals surface area contributed by atoms with Crippen molar-refractivity contribution < 1.29 is 13.6 Å². The van der Waals surface area contributed by atoms with Crippen LogP contribution in [0.3, 0.4) is 0 Å². The minimum atomic E-state index is -2.55. The number of carbonyl (C=O) groups is 1. The van der Waals surface area contributed by atoms with Crippen LogP contribution in [0.25, 0.3) is 0 Å². The average molecular weight is 332 g/mol. The molecule has 128 valence electrons. The van der Waals surface area contributed by atoms with Gasteiger partial charge >= 0.3 is 0 Å². The van der Waals surface area contributed by atoms with Crippen LogP contribution in [0.2, 0.25) is 0 Å². The molecule has 0 unspecified atom stereocenters. The molecule has 0 heterocycles. The van der Waals surface area contributed by atoms with Gasteiger partial charge in [0.2, 0.25) is 11.8 Å². The van der Waals surface area contributed by atoms with Crippen LogP contribution in [0.15, 0.2) is 24.3 Å². The van der Waals surface area contributed by atoms with E-state index in [2.05, 4.69) is 11.4 Å². The van der Waals surface area contributed by atoms with Crippen molar-refractivity contribution in [3.63, 3.8) is 0 Å². The fraction of sp³-hybridized carbons (Fsp3) is 0.579. The average Bonchev–Trinajstić information content (AvgIpc) is 2.53. The first kappa shape index (κ1) is 16.9. The number of hydrogen-bond donors (Lipinski definition) is 1. The van der Waals surface area contributed by atoms with Crippen LogP contribution in [-0.2, 0) is 10.3 Å². The molecule has 5 heteroatoms. The van der Waals surface area contributed by atoms with Gasteiger partial charge in [0.1, 0.15) is 0 Å². The van der Waals surface area contributed by atoms with Crippen LogP contribution in [0.1, 0.15) is 62.5 Å². The number of nitriles is 1. The summed E-state index contributed by atoms with van der Waals surface area (Å²) in [7, 11) is 0. The second-order valence-corrected chi connectivity index (χ2v) is 7.18. The second kappa shape index (κ2) is 6.51. The largest absolute Gasteiger partial charge is 0.347 e. The summed E-state index contributed by atoms with van der Waals surface area (Å²) in [5, 5.41) is 12.0. The number of nitrogens with zero attached hydrogens (tertiary/aromatic N) is 1. The van der Waals surface area contributed by atoms with Crippen molar-refractivity contribution >= 4 is 5.91 Å². The normalized spacial score (nSPS) is 22.2. The Labute approximate surface area is 141 Å². The van der Waals surface area contributed by atoms with Gasteiger partial charge < -0.3 is 5.32 Å². The molecular formula is C19H22F2N2O. The lowest BCUT2D eigenvalue weighted by atomic mass is 9.71. The van der Waals surface area contributed by atoms with Gasteiger partial charge in [0.15, 0.2) is 0 Å². The molecule has 0 saturated heterocycles. The number of halogens is 2. The molecule has 0 aliphatic heterocycles. The van der Waals surface area contributed by atoms with Gasteiger partial charge in [0, 0.05) is 19.3 Å². The van der Waals surface area contributed by atoms with Crippen molar-refractivity contribution in [1.82, 2.24) is 5.32 Å². The summed E-state index contributed by atoms with van der Waals surface area (Å²) in [5.74, 6) is -2.54. The Morgan fingerprint density at radius 1 is 1.17 bits per heavy atom. The van der Waals surface area contributed by atoms with E-state index in [1.165, 1.54) is 0 Å². The minimum Gasteiger partial charge on any atom is -0.347 e. The number of alkyl halides is 2. The van der Waals surface area contributed by atoms with E-state index in [4.69, 9.17) is 5.26 Å². The molecule has 2 fully saturated rings. The maximum absolute atomic E-state index is 13.2. The number of carbonyl (C=O) groups excluding carboxylic acids is 1. The van der Waals surface area contributed by atoms with Crippen molar-refractivity contribution in [3.8, 4) is 6.07 Å². The van der Waals surface area contributed by atoms with Gasteiger partial charge in [-0.2, -0.15) is 5.26 Å². The summed E-state index contributed by atoms with van der Waals surface area (Å²) < 4.78 is 26.4. The fourth-order valence-corrected chi connectivity index (χ4v) is 3.76. The van der Waals surface area contributed by atoms with Gasteiger partial charge in [0.05, 0.1) is 17.2 Å².